The minimum Gasteiger partial charge on any atom is -0.490 e. The van der Waals surface area contributed by atoms with Crippen LogP contribution in [-0.2, 0) is 0 Å². The van der Waals surface area contributed by atoms with E-state index in [0.717, 1.165) is 25.9 Å². The molecule has 0 radical (unpaired) electrons. The Morgan fingerprint density at radius 3 is 2.52 bits per heavy atom. The van der Waals surface area contributed by atoms with Gasteiger partial charge < -0.3 is 20.1 Å². The van der Waals surface area contributed by atoms with Gasteiger partial charge in [0.25, 0.3) is 5.91 Å². The average molecular weight is 292 g/mol. The first-order valence-corrected chi connectivity index (χ1v) is 7.65. The maximum Gasteiger partial charge on any atom is 0.251 e. The lowest BCUT2D eigenvalue weighted by molar-refractivity contribution is 0.0929. The quantitative estimate of drug-likeness (QED) is 0.841. The molecule has 5 heteroatoms. The fourth-order valence-corrected chi connectivity index (χ4v) is 2.43. The van der Waals surface area contributed by atoms with Gasteiger partial charge in [-0.15, -0.1) is 0 Å². The third-order valence-corrected chi connectivity index (χ3v) is 3.48. The third kappa shape index (κ3) is 4.36. The van der Waals surface area contributed by atoms with Crippen molar-refractivity contribution in [2.24, 2.45) is 0 Å². The van der Waals surface area contributed by atoms with Crippen LogP contribution < -0.4 is 20.1 Å². The Bertz CT molecular complexity index is 471. The van der Waals surface area contributed by atoms with Crippen LogP contribution in [0.5, 0.6) is 11.5 Å². The van der Waals surface area contributed by atoms with Gasteiger partial charge in [-0.1, -0.05) is 0 Å². The van der Waals surface area contributed by atoms with E-state index in [-0.39, 0.29) is 11.9 Å². The van der Waals surface area contributed by atoms with Crippen molar-refractivity contribution in [3.05, 3.63) is 23.8 Å². The van der Waals surface area contributed by atoms with Crippen LogP contribution in [0.15, 0.2) is 18.2 Å². The van der Waals surface area contributed by atoms with Crippen LogP contribution in [0.4, 0.5) is 0 Å². The minimum atomic E-state index is -0.0501. The number of hydrogen-bond acceptors (Lipinski definition) is 4. The van der Waals surface area contributed by atoms with E-state index in [1.165, 1.54) is 0 Å². The number of hydrogen-bond donors (Lipinski definition) is 2. The summed E-state index contributed by atoms with van der Waals surface area (Å²) < 4.78 is 11.1. The predicted octanol–water partition coefficient (Wildman–Crippen LogP) is 1.97. The summed E-state index contributed by atoms with van der Waals surface area (Å²) in [6.07, 6.45) is 1.95. The molecule has 1 fully saturated rings. The average Bonchev–Trinajstić information content (AvgIpc) is 2.50. The van der Waals surface area contributed by atoms with E-state index in [9.17, 15) is 4.79 Å². The highest BCUT2D eigenvalue weighted by Crippen LogP contribution is 2.28. The third-order valence-electron chi connectivity index (χ3n) is 3.48. The molecule has 1 saturated heterocycles. The molecule has 2 N–H and O–H groups in total. The molecule has 0 saturated carbocycles. The normalized spacial score (nSPS) is 15.5. The number of piperidine rings is 1. The highest BCUT2D eigenvalue weighted by molar-refractivity contribution is 5.95. The van der Waals surface area contributed by atoms with Crippen molar-refractivity contribution in [1.29, 1.82) is 0 Å². The van der Waals surface area contributed by atoms with Gasteiger partial charge in [0, 0.05) is 11.6 Å². The first-order valence-electron chi connectivity index (χ1n) is 7.65. The lowest BCUT2D eigenvalue weighted by Crippen LogP contribution is -2.42. The molecule has 0 aromatic heterocycles. The van der Waals surface area contributed by atoms with E-state index in [4.69, 9.17) is 9.47 Å². The fourth-order valence-electron chi connectivity index (χ4n) is 2.43. The van der Waals surface area contributed by atoms with Crippen LogP contribution in [0, 0.1) is 0 Å². The van der Waals surface area contributed by atoms with Crippen molar-refractivity contribution in [1.82, 2.24) is 10.6 Å². The molecule has 116 valence electrons. The van der Waals surface area contributed by atoms with Crippen molar-refractivity contribution < 1.29 is 14.3 Å². The maximum absolute atomic E-state index is 12.3. The largest absolute Gasteiger partial charge is 0.490 e. The van der Waals surface area contributed by atoms with Crippen LogP contribution in [0.25, 0.3) is 0 Å². The first kappa shape index (κ1) is 15.6. The monoisotopic (exact) mass is 292 g/mol. The molecule has 0 aliphatic carbocycles. The maximum atomic E-state index is 12.3. The zero-order chi connectivity index (χ0) is 15.1. The summed E-state index contributed by atoms with van der Waals surface area (Å²) >= 11 is 0. The van der Waals surface area contributed by atoms with Gasteiger partial charge in [-0.05, 0) is 58.0 Å². The number of carbonyl (C=O) groups excluding carboxylic acids is 1. The number of nitrogens with one attached hydrogen (secondary N) is 2. The molecule has 1 aromatic rings. The number of amides is 1. The van der Waals surface area contributed by atoms with E-state index in [1.54, 1.807) is 18.2 Å². The molecular weight excluding hydrogens is 268 g/mol. The Balaban J connectivity index is 2.07. The zero-order valence-corrected chi connectivity index (χ0v) is 12.8. The molecule has 1 aliphatic rings. The van der Waals surface area contributed by atoms with Gasteiger partial charge >= 0.3 is 0 Å². The highest BCUT2D eigenvalue weighted by atomic mass is 16.5. The van der Waals surface area contributed by atoms with E-state index in [1.807, 2.05) is 13.8 Å². The summed E-state index contributed by atoms with van der Waals surface area (Å²) in [7, 11) is 0. The molecular formula is C16H24N2O3. The molecule has 0 spiro atoms. The lowest BCUT2D eigenvalue weighted by Gasteiger charge is -2.23. The molecule has 0 bridgehead atoms. The van der Waals surface area contributed by atoms with Crippen LogP contribution in [-0.4, -0.2) is 38.3 Å². The lowest BCUT2D eigenvalue weighted by atomic mass is 10.1. The molecule has 1 aromatic carbocycles. The molecule has 0 atom stereocenters. The molecule has 2 rings (SSSR count). The van der Waals surface area contributed by atoms with Crippen LogP contribution in [0.1, 0.15) is 37.0 Å². The van der Waals surface area contributed by atoms with Crippen LogP contribution in [0.2, 0.25) is 0 Å². The summed E-state index contributed by atoms with van der Waals surface area (Å²) in [5.41, 5.74) is 0.612. The smallest absolute Gasteiger partial charge is 0.251 e. The minimum absolute atomic E-state index is 0.0501. The van der Waals surface area contributed by atoms with Gasteiger partial charge in [-0.3, -0.25) is 4.79 Å². The SMILES string of the molecule is CCOc1ccc(C(=O)NC2CCNCC2)cc1OCC. The zero-order valence-electron chi connectivity index (χ0n) is 12.8. The summed E-state index contributed by atoms with van der Waals surface area (Å²) in [5, 5.41) is 6.37. The number of carbonyl (C=O) groups is 1. The van der Waals surface area contributed by atoms with E-state index in [0.29, 0.717) is 30.3 Å². The molecule has 1 amide bonds. The summed E-state index contributed by atoms with van der Waals surface area (Å²) in [6, 6.07) is 5.58. The second-order valence-electron chi connectivity index (χ2n) is 5.03. The Kier molecular flexibility index (Phi) is 5.87. The van der Waals surface area contributed by atoms with Crippen molar-refractivity contribution in [3.8, 4) is 11.5 Å². The van der Waals surface area contributed by atoms with Crippen LogP contribution >= 0.6 is 0 Å². The summed E-state index contributed by atoms with van der Waals surface area (Å²) in [4.78, 5) is 12.3. The Hall–Kier alpha value is -1.75. The number of rotatable bonds is 6. The standard InChI is InChI=1S/C16H24N2O3/c1-3-20-14-6-5-12(11-15(14)21-4-2)16(19)18-13-7-9-17-10-8-13/h5-6,11,13,17H,3-4,7-10H2,1-2H3,(H,18,19). The topological polar surface area (TPSA) is 59.6 Å². The predicted molar refractivity (Wildman–Crippen MR) is 82.1 cm³/mol. The van der Waals surface area contributed by atoms with Crippen molar-refractivity contribution in [2.75, 3.05) is 26.3 Å². The van der Waals surface area contributed by atoms with E-state index in [2.05, 4.69) is 10.6 Å². The van der Waals surface area contributed by atoms with Gasteiger partial charge in [0.1, 0.15) is 0 Å². The van der Waals surface area contributed by atoms with Crippen LogP contribution in [0.3, 0.4) is 0 Å². The van der Waals surface area contributed by atoms with Gasteiger partial charge in [-0.25, -0.2) is 0 Å². The first-order chi connectivity index (χ1) is 10.2. The summed E-state index contributed by atoms with van der Waals surface area (Å²) in [5.74, 6) is 1.25. The Morgan fingerprint density at radius 1 is 1.19 bits per heavy atom. The highest BCUT2D eigenvalue weighted by Gasteiger charge is 2.17. The molecule has 1 heterocycles. The van der Waals surface area contributed by atoms with Gasteiger partial charge in [-0.2, -0.15) is 0 Å². The second kappa shape index (κ2) is 7.88. The summed E-state index contributed by atoms with van der Waals surface area (Å²) in [6.45, 7) is 6.86. The number of ether oxygens (including phenoxy) is 2. The molecule has 0 unspecified atom stereocenters. The molecule has 5 nitrogen and oxygen atoms in total. The Labute approximate surface area is 126 Å². The number of benzene rings is 1. The van der Waals surface area contributed by atoms with Crippen molar-refractivity contribution in [3.63, 3.8) is 0 Å². The second-order valence-corrected chi connectivity index (χ2v) is 5.03. The van der Waals surface area contributed by atoms with Gasteiger partial charge in [0.15, 0.2) is 11.5 Å². The van der Waals surface area contributed by atoms with Crippen molar-refractivity contribution >= 4 is 5.91 Å². The fraction of sp³-hybridized carbons (Fsp3) is 0.562. The molecule has 1 aliphatic heterocycles. The molecule has 21 heavy (non-hydrogen) atoms. The Morgan fingerprint density at radius 2 is 1.86 bits per heavy atom. The van der Waals surface area contributed by atoms with E-state index >= 15 is 0 Å². The van der Waals surface area contributed by atoms with Crippen molar-refractivity contribution in [2.45, 2.75) is 32.7 Å². The van der Waals surface area contributed by atoms with Gasteiger partial charge in [0.2, 0.25) is 0 Å². The van der Waals surface area contributed by atoms with E-state index < -0.39 is 0 Å². The van der Waals surface area contributed by atoms with Gasteiger partial charge in [0.05, 0.1) is 13.2 Å².